The normalized spacial score (nSPS) is 14.1. The zero-order valence-corrected chi connectivity index (χ0v) is 15.3. The molecule has 0 unspecified atom stereocenters. The van der Waals surface area contributed by atoms with Gasteiger partial charge in [-0.3, -0.25) is 4.79 Å². The van der Waals surface area contributed by atoms with Crippen LogP contribution in [0.25, 0.3) is 22.1 Å². The summed E-state index contributed by atoms with van der Waals surface area (Å²) in [5.74, 6) is 1.05. The summed E-state index contributed by atoms with van der Waals surface area (Å²) in [5.41, 5.74) is 2.49. The maximum atomic E-state index is 13.1. The number of furan rings is 1. The highest BCUT2D eigenvalue weighted by Crippen LogP contribution is 2.37. The molecule has 0 aliphatic carbocycles. The average molecular weight is 373 g/mol. The number of carbonyl (C=O) groups excluding carboxylic acids is 1. The second kappa shape index (κ2) is 7.81. The largest absolute Gasteiger partial charge is 0.497 e. The average Bonchev–Trinajstić information content (AvgIpc) is 3.07. The minimum Gasteiger partial charge on any atom is -0.497 e. The van der Waals surface area contributed by atoms with Crippen molar-refractivity contribution < 1.29 is 13.9 Å². The van der Waals surface area contributed by atoms with E-state index in [2.05, 4.69) is 5.32 Å². The Labute approximate surface area is 158 Å². The first-order valence-corrected chi connectivity index (χ1v) is 8.44. The van der Waals surface area contributed by atoms with Crippen LogP contribution in [0.15, 0.2) is 52.9 Å². The number of hydrogen-bond donors (Lipinski definition) is 1. The molecule has 0 spiro atoms. The third kappa shape index (κ3) is 3.28. The summed E-state index contributed by atoms with van der Waals surface area (Å²) in [6.07, 6.45) is 0. The highest BCUT2D eigenvalue weighted by molar-refractivity contribution is 6.08. The van der Waals surface area contributed by atoms with E-state index in [-0.39, 0.29) is 18.3 Å². The van der Waals surface area contributed by atoms with Crippen molar-refractivity contribution in [1.82, 2.24) is 10.2 Å². The van der Waals surface area contributed by atoms with Crippen molar-refractivity contribution in [2.24, 2.45) is 0 Å². The van der Waals surface area contributed by atoms with Crippen molar-refractivity contribution in [1.29, 1.82) is 0 Å². The van der Waals surface area contributed by atoms with Gasteiger partial charge in [0.05, 0.1) is 7.11 Å². The quantitative estimate of drug-likeness (QED) is 0.763. The molecule has 136 valence electrons. The van der Waals surface area contributed by atoms with E-state index in [9.17, 15) is 4.79 Å². The summed E-state index contributed by atoms with van der Waals surface area (Å²) < 4.78 is 11.3. The van der Waals surface area contributed by atoms with Gasteiger partial charge in [-0.2, -0.15) is 0 Å². The van der Waals surface area contributed by atoms with E-state index < -0.39 is 0 Å². The first-order chi connectivity index (χ1) is 12.3. The number of amides is 1. The first-order valence-electron chi connectivity index (χ1n) is 8.44. The van der Waals surface area contributed by atoms with Gasteiger partial charge in [-0.25, -0.2) is 0 Å². The SMILES string of the molecule is COc1ccc2c(-c3ccccc3)c(C(=O)N3CCNCC3)oc2c1.Cl. The van der Waals surface area contributed by atoms with Crippen LogP contribution in [0.5, 0.6) is 5.75 Å². The number of methoxy groups -OCH3 is 1. The number of ether oxygens (including phenoxy) is 1. The molecule has 1 amide bonds. The van der Waals surface area contributed by atoms with Gasteiger partial charge < -0.3 is 19.4 Å². The molecule has 2 aromatic carbocycles. The van der Waals surface area contributed by atoms with Gasteiger partial charge in [-0.1, -0.05) is 30.3 Å². The molecule has 1 saturated heterocycles. The highest BCUT2D eigenvalue weighted by atomic mass is 35.5. The zero-order chi connectivity index (χ0) is 17.2. The summed E-state index contributed by atoms with van der Waals surface area (Å²) >= 11 is 0. The van der Waals surface area contributed by atoms with Gasteiger partial charge in [0.25, 0.3) is 5.91 Å². The Hall–Kier alpha value is -2.50. The standard InChI is InChI=1S/C20H20N2O3.ClH/c1-24-15-7-8-16-17(13-15)25-19(18(16)14-5-3-2-4-6-14)20(23)22-11-9-21-10-12-22;/h2-8,13,21H,9-12H2,1H3;1H. The van der Waals surface area contributed by atoms with E-state index in [1.807, 2.05) is 53.4 Å². The van der Waals surface area contributed by atoms with E-state index in [1.54, 1.807) is 7.11 Å². The Bertz CT molecular complexity index is 902. The summed E-state index contributed by atoms with van der Waals surface area (Å²) in [6.45, 7) is 2.99. The van der Waals surface area contributed by atoms with E-state index in [0.29, 0.717) is 30.2 Å². The Morgan fingerprint density at radius 1 is 1.12 bits per heavy atom. The summed E-state index contributed by atoms with van der Waals surface area (Å²) in [4.78, 5) is 14.9. The Kier molecular flexibility index (Phi) is 5.49. The van der Waals surface area contributed by atoms with Gasteiger partial charge in [0, 0.05) is 43.2 Å². The predicted molar refractivity (Wildman–Crippen MR) is 104 cm³/mol. The van der Waals surface area contributed by atoms with Crippen LogP contribution >= 0.6 is 12.4 Å². The lowest BCUT2D eigenvalue weighted by Gasteiger charge is -2.26. The van der Waals surface area contributed by atoms with Crippen LogP contribution in [-0.2, 0) is 0 Å². The molecule has 1 aliphatic heterocycles. The molecule has 1 N–H and O–H groups in total. The van der Waals surface area contributed by atoms with Crippen molar-refractivity contribution >= 4 is 29.3 Å². The number of hydrogen-bond acceptors (Lipinski definition) is 4. The molecule has 4 rings (SSSR count). The minimum atomic E-state index is -0.0597. The van der Waals surface area contributed by atoms with Crippen molar-refractivity contribution in [3.63, 3.8) is 0 Å². The van der Waals surface area contributed by atoms with Crippen LogP contribution in [0.4, 0.5) is 0 Å². The smallest absolute Gasteiger partial charge is 0.290 e. The van der Waals surface area contributed by atoms with Crippen LogP contribution in [0.3, 0.4) is 0 Å². The molecule has 5 nitrogen and oxygen atoms in total. The summed E-state index contributed by atoms with van der Waals surface area (Å²) in [6, 6.07) is 15.6. The van der Waals surface area contributed by atoms with Crippen LogP contribution in [0, 0.1) is 0 Å². The third-order valence-corrected chi connectivity index (χ3v) is 4.56. The van der Waals surface area contributed by atoms with Gasteiger partial charge >= 0.3 is 0 Å². The van der Waals surface area contributed by atoms with Gasteiger partial charge in [0.1, 0.15) is 11.3 Å². The molecular weight excluding hydrogens is 352 g/mol. The molecule has 26 heavy (non-hydrogen) atoms. The van der Waals surface area contributed by atoms with E-state index in [0.717, 1.165) is 29.6 Å². The zero-order valence-electron chi connectivity index (χ0n) is 14.5. The van der Waals surface area contributed by atoms with Crippen molar-refractivity contribution in [2.75, 3.05) is 33.3 Å². The maximum Gasteiger partial charge on any atom is 0.290 e. The third-order valence-electron chi connectivity index (χ3n) is 4.56. The van der Waals surface area contributed by atoms with E-state index in [1.165, 1.54) is 0 Å². The summed E-state index contributed by atoms with van der Waals surface area (Å²) in [5, 5.41) is 4.19. The number of benzene rings is 2. The van der Waals surface area contributed by atoms with Crippen LogP contribution in [0.1, 0.15) is 10.6 Å². The fourth-order valence-electron chi connectivity index (χ4n) is 3.26. The Morgan fingerprint density at radius 3 is 2.54 bits per heavy atom. The lowest BCUT2D eigenvalue weighted by molar-refractivity contribution is 0.0707. The number of fused-ring (bicyclic) bond motifs is 1. The highest BCUT2D eigenvalue weighted by Gasteiger charge is 2.27. The van der Waals surface area contributed by atoms with E-state index >= 15 is 0 Å². The Balaban J connectivity index is 0.00000196. The lowest BCUT2D eigenvalue weighted by Crippen LogP contribution is -2.46. The number of nitrogens with one attached hydrogen (secondary N) is 1. The van der Waals surface area contributed by atoms with Crippen LogP contribution in [0.2, 0.25) is 0 Å². The maximum absolute atomic E-state index is 13.1. The molecule has 1 aromatic heterocycles. The minimum absolute atomic E-state index is 0. The van der Waals surface area contributed by atoms with E-state index in [4.69, 9.17) is 9.15 Å². The van der Waals surface area contributed by atoms with Crippen LogP contribution < -0.4 is 10.1 Å². The number of piperazine rings is 1. The molecule has 3 aromatic rings. The molecule has 1 fully saturated rings. The van der Waals surface area contributed by atoms with Crippen molar-refractivity contribution in [2.45, 2.75) is 0 Å². The lowest BCUT2D eigenvalue weighted by atomic mass is 10.0. The molecule has 0 radical (unpaired) electrons. The fourth-order valence-corrected chi connectivity index (χ4v) is 3.26. The molecule has 0 atom stereocenters. The Morgan fingerprint density at radius 2 is 1.85 bits per heavy atom. The van der Waals surface area contributed by atoms with Gasteiger partial charge in [0.2, 0.25) is 5.76 Å². The second-order valence-corrected chi connectivity index (χ2v) is 6.08. The molecule has 0 saturated carbocycles. The molecule has 2 heterocycles. The topological polar surface area (TPSA) is 54.7 Å². The second-order valence-electron chi connectivity index (χ2n) is 6.08. The number of carbonyl (C=O) groups is 1. The molecule has 6 heteroatoms. The van der Waals surface area contributed by atoms with Crippen molar-refractivity contribution in [3.8, 4) is 16.9 Å². The number of halogens is 1. The summed E-state index contributed by atoms with van der Waals surface area (Å²) in [7, 11) is 1.62. The molecule has 0 bridgehead atoms. The van der Waals surface area contributed by atoms with Crippen LogP contribution in [-0.4, -0.2) is 44.1 Å². The monoisotopic (exact) mass is 372 g/mol. The number of nitrogens with zero attached hydrogens (tertiary/aromatic N) is 1. The van der Waals surface area contributed by atoms with Gasteiger partial charge in [-0.05, 0) is 17.7 Å². The first kappa shape index (κ1) is 18.3. The molecule has 1 aliphatic rings. The molecular formula is C20H21ClN2O3. The van der Waals surface area contributed by atoms with Gasteiger partial charge in [-0.15, -0.1) is 12.4 Å². The number of rotatable bonds is 3. The predicted octanol–water partition coefficient (Wildman–Crippen LogP) is 3.58. The van der Waals surface area contributed by atoms with Crippen molar-refractivity contribution in [3.05, 3.63) is 54.3 Å². The fraction of sp³-hybridized carbons (Fsp3) is 0.250. The van der Waals surface area contributed by atoms with Gasteiger partial charge in [0.15, 0.2) is 0 Å².